The molecule has 7 heteroatoms. The van der Waals surface area contributed by atoms with E-state index >= 15 is 0 Å². The van der Waals surface area contributed by atoms with Crippen LogP contribution in [0.25, 0.3) is 0 Å². The summed E-state index contributed by atoms with van der Waals surface area (Å²) in [6, 6.07) is 13.9. The van der Waals surface area contributed by atoms with Gasteiger partial charge in [0.25, 0.3) is 5.91 Å². The van der Waals surface area contributed by atoms with E-state index in [1.165, 1.54) is 0 Å². The van der Waals surface area contributed by atoms with Gasteiger partial charge in [-0.1, -0.05) is 28.9 Å². The molecule has 0 saturated heterocycles. The van der Waals surface area contributed by atoms with Crippen molar-refractivity contribution in [1.82, 2.24) is 5.32 Å². The summed E-state index contributed by atoms with van der Waals surface area (Å²) in [5.41, 5.74) is 1.74. The number of amides is 3. The first-order valence-electron chi connectivity index (χ1n) is 8.21. The Labute approximate surface area is 160 Å². The molecule has 0 spiro atoms. The SMILES string of the molecule is CCC(=O)Nc1cccc(NC(=O)CCNC(=O)c2ccc(Br)cc2)c1. The maximum atomic E-state index is 12.0. The Kier molecular flexibility index (Phi) is 7.35. The molecule has 0 bridgehead atoms. The van der Waals surface area contributed by atoms with Crippen molar-refractivity contribution in [3.05, 3.63) is 58.6 Å². The Balaban J connectivity index is 1.80. The third-order valence-electron chi connectivity index (χ3n) is 3.50. The first-order valence-corrected chi connectivity index (χ1v) is 9.00. The van der Waals surface area contributed by atoms with Crippen LogP contribution in [-0.2, 0) is 9.59 Å². The number of benzene rings is 2. The summed E-state index contributed by atoms with van der Waals surface area (Å²) in [6.07, 6.45) is 0.530. The molecule has 0 aliphatic heterocycles. The second-order valence-electron chi connectivity index (χ2n) is 5.54. The van der Waals surface area contributed by atoms with Crippen molar-refractivity contribution in [1.29, 1.82) is 0 Å². The van der Waals surface area contributed by atoms with Crippen molar-refractivity contribution >= 4 is 45.0 Å². The molecule has 0 saturated carbocycles. The second-order valence-corrected chi connectivity index (χ2v) is 6.46. The fourth-order valence-electron chi connectivity index (χ4n) is 2.14. The minimum atomic E-state index is -0.227. The average Bonchev–Trinajstić information content (AvgIpc) is 2.62. The zero-order valence-corrected chi connectivity index (χ0v) is 15.9. The average molecular weight is 418 g/mol. The summed E-state index contributed by atoms with van der Waals surface area (Å²) in [4.78, 5) is 35.4. The lowest BCUT2D eigenvalue weighted by Gasteiger charge is -2.09. The quantitative estimate of drug-likeness (QED) is 0.643. The zero-order chi connectivity index (χ0) is 18.9. The van der Waals surface area contributed by atoms with E-state index < -0.39 is 0 Å². The molecule has 3 N–H and O–H groups in total. The highest BCUT2D eigenvalue weighted by molar-refractivity contribution is 9.10. The predicted octanol–water partition coefficient (Wildman–Crippen LogP) is 3.56. The molecule has 0 radical (unpaired) electrons. The van der Waals surface area contributed by atoms with Gasteiger partial charge >= 0.3 is 0 Å². The van der Waals surface area contributed by atoms with Gasteiger partial charge in [-0.15, -0.1) is 0 Å². The van der Waals surface area contributed by atoms with Gasteiger partial charge in [-0.25, -0.2) is 0 Å². The van der Waals surface area contributed by atoms with Crippen molar-refractivity contribution in [2.45, 2.75) is 19.8 Å². The highest BCUT2D eigenvalue weighted by Gasteiger charge is 2.07. The fraction of sp³-hybridized carbons (Fsp3) is 0.211. The van der Waals surface area contributed by atoms with E-state index in [1.807, 2.05) is 0 Å². The number of hydrogen-bond acceptors (Lipinski definition) is 3. The van der Waals surface area contributed by atoms with Crippen LogP contribution in [0.2, 0.25) is 0 Å². The smallest absolute Gasteiger partial charge is 0.251 e. The first-order chi connectivity index (χ1) is 12.5. The molecule has 0 aliphatic rings. The van der Waals surface area contributed by atoms with Crippen LogP contribution in [-0.4, -0.2) is 24.3 Å². The standard InChI is InChI=1S/C19H20BrN3O3/c1-2-17(24)22-15-4-3-5-16(12-15)23-18(25)10-11-21-19(26)13-6-8-14(20)9-7-13/h3-9,12H,2,10-11H2,1H3,(H,21,26)(H,22,24)(H,23,25). The number of hydrogen-bond donors (Lipinski definition) is 3. The molecular formula is C19H20BrN3O3. The number of carbonyl (C=O) groups excluding carboxylic acids is 3. The summed E-state index contributed by atoms with van der Waals surface area (Å²) < 4.78 is 0.894. The summed E-state index contributed by atoms with van der Waals surface area (Å²) >= 11 is 3.31. The maximum Gasteiger partial charge on any atom is 0.251 e. The van der Waals surface area contributed by atoms with E-state index in [4.69, 9.17) is 0 Å². The van der Waals surface area contributed by atoms with E-state index in [-0.39, 0.29) is 30.7 Å². The molecule has 3 amide bonds. The molecule has 0 fully saturated rings. The Morgan fingerprint density at radius 2 is 1.54 bits per heavy atom. The van der Waals surface area contributed by atoms with Gasteiger partial charge in [0.2, 0.25) is 11.8 Å². The lowest BCUT2D eigenvalue weighted by molar-refractivity contribution is -0.116. The largest absolute Gasteiger partial charge is 0.352 e. The molecular weight excluding hydrogens is 398 g/mol. The van der Waals surface area contributed by atoms with Crippen LogP contribution >= 0.6 is 15.9 Å². The zero-order valence-electron chi connectivity index (χ0n) is 14.3. The number of halogens is 1. The van der Waals surface area contributed by atoms with Crippen LogP contribution in [0.4, 0.5) is 11.4 Å². The van der Waals surface area contributed by atoms with Crippen LogP contribution in [0.5, 0.6) is 0 Å². The monoisotopic (exact) mass is 417 g/mol. The molecule has 2 aromatic rings. The lowest BCUT2D eigenvalue weighted by Crippen LogP contribution is -2.27. The van der Waals surface area contributed by atoms with Crippen LogP contribution in [0.15, 0.2) is 53.0 Å². The molecule has 0 aliphatic carbocycles. The molecule has 0 atom stereocenters. The van der Waals surface area contributed by atoms with Crippen LogP contribution < -0.4 is 16.0 Å². The van der Waals surface area contributed by atoms with Gasteiger partial charge in [0, 0.05) is 40.8 Å². The van der Waals surface area contributed by atoms with Gasteiger partial charge in [-0.3, -0.25) is 14.4 Å². The molecule has 6 nitrogen and oxygen atoms in total. The van der Waals surface area contributed by atoms with Gasteiger partial charge in [0.15, 0.2) is 0 Å². The molecule has 0 unspecified atom stereocenters. The summed E-state index contributed by atoms with van der Waals surface area (Å²) in [7, 11) is 0. The number of anilines is 2. The van der Waals surface area contributed by atoms with Gasteiger partial charge in [-0.2, -0.15) is 0 Å². The van der Waals surface area contributed by atoms with E-state index in [9.17, 15) is 14.4 Å². The van der Waals surface area contributed by atoms with Gasteiger partial charge in [-0.05, 0) is 42.5 Å². The van der Waals surface area contributed by atoms with Gasteiger partial charge < -0.3 is 16.0 Å². The third-order valence-corrected chi connectivity index (χ3v) is 4.02. The van der Waals surface area contributed by atoms with E-state index in [2.05, 4.69) is 31.9 Å². The molecule has 2 aromatic carbocycles. The highest BCUT2D eigenvalue weighted by atomic mass is 79.9. The number of rotatable bonds is 7. The van der Waals surface area contributed by atoms with Crippen molar-refractivity contribution in [3.8, 4) is 0 Å². The molecule has 136 valence electrons. The van der Waals surface area contributed by atoms with Crippen LogP contribution in [0.1, 0.15) is 30.1 Å². The fourth-order valence-corrected chi connectivity index (χ4v) is 2.40. The Bertz CT molecular complexity index is 791. The molecule has 2 rings (SSSR count). The van der Waals surface area contributed by atoms with Crippen molar-refractivity contribution in [2.24, 2.45) is 0 Å². The summed E-state index contributed by atoms with van der Waals surface area (Å²) in [6.45, 7) is 2.00. The van der Waals surface area contributed by atoms with Crippen LogP contribution in [0.3, 0.4) is 0 Å². The van der Waals surface area contributed by atoms with E-state index in [1.54, 1.807) is 55.5 Å². The van der Waals surface area contributed by atoms with Crippen molar-refractivity contribution < 1.29 is 14.4 Å². The van der Waals surface area contributed by atoms with E-state index in [0.717, 1.165) is 4.47 Å². The van der Waals surface area contributed by atoms with Gasteiger partial charge in [0.05, 0.1) is 0 Å². The molecule has 0 heterocycles. The topological polar surface area (TPSA) is 87.3 Å². The Morgan fingerprint density at radius 3 is 2.15 bits per heavy atom. The first kappa shape index (κ1) is 19.7. The van der Waals surface area contributed by atoms with E-state index in [0.29, 0.717) is 23.4 Å². The normalized spacial score (nSPS) is 10.1. The highest BCUT2D eigenvalue weighted by Crippen LogP contribution is 2.15. The third kappa shape index (κ3) is 6.33. The minimum absolute atomic E-state index is 0.0934. The summed E-state index contributed by atoms with van der Waals surface area (Å²) in [5, 5.41) is 8.19. The van der Waals surface area contributed by atoms with Crippen molar-refractivity contribution in [3.63, 3.8) is 0 Å². The number of carbonyl (C=O) groups is 3. The second kappa shape index (κ2) is 9.72. The van der Waals surface area contributed by atoms with Crippen molar-refractivity contribution in [2.75, 3.05) is 17.2 Å². The molecule has 26 heavy (non-hydrogen) atoms. The van der Waals surface area contributed by atoms with Gasteiger partial charge in [0.1, 0.15) is 0 Å². The summed E-state index contributed by atoms with van der Waals surface area (Å²) in [5.74, 6) is -0.543. The lowest BCUT2D eigenvalue weighted by atomic mass is 10.2. The molecule has 0 aromatic heterocycles. The Hall–Kier alpha value is -2.67. The minimum Gasteiger partial charge on any atom is -0.352 e. The maximum absolute atomic E-state index is 12.0. The van der Waals surface area contributed by atoms with Crippen LogP contribution in [0, 0.1) is 0 Å². The predicted molar refractivity (Wildman–Crippen MR) is 105 cm³/mol. The number of nitrogens with one attached hydrogen (secondary N) is 3. The Morgan fingerprint density at radius 1 is 0.923 bits per heavy atom.